The zero-order chi connectivity index (χ0) is 13.0. The van der Waals surface area contributed by atoms with Crippen LogP contribution in [-0.2, 0) is 0 Å². The van der Waals surface area contributed by atoms with Crippen LogP contribution in [0.4, 0.5) is 0 Å². The van der Waals surface area contributed by atoms with Crippen LogP contribution in [0.25, 0.3) is 0 Å². The molecule has 0 aromatic carbocycles. The molecule has 2 saturated carbocycles. The number of aliphatic hydroxyl groups excluding tert-OH is 1. The summed E-state index contributed by atoms with van der Waals surface area (Å²) in [5.41, 5.74) is 1.87. The second-order valence-corrected chi connectivity index (χ2v) is 7.60. The van der Waals surface area contributed by atoms with E-state index in [0.717, 1.165) is 30.1 Å². The summed E-state index contributed by atoms with van der Waals surface area (Å²) in [5.74, 6) is 3.39. The van der Waals surface area contributed by atoms with Gasteiger partial charge in [0.25, 0.3) is 0 Å². The van der Waals surface area contributed by atoms with Gasteiger partial charge >= 0.3 is 0 Å². The zero-order valence-electron chi connectivity index (χ0n) is 12.0. The third kappa shape index (κ3) is 1.63. The lowest BCUT2D eigenvalue weighted by Gasteiger charge is -2.52. The van der Waals surface area contributed by atoms with E-state index in [-0.39, 0.29) is 11.5 Å². The van der Waals surface area contributed by atoms with Crippen LogP contribution in [0.3, 0.4) is 0 Å². The van der Waals surface area contributed by atoms with Crippen LogP contribution in [0.5, 0.6) is 0 Å². The average Bonchev–Trinajstić information content (AvgIpc) is 2.75. The average molecular weight is 258 g/mol. The van der Waals surface area contributed by atoms with E-state index in [1.165, 1.54) is 38.5 Å². The summed E-state index contributed by atoms with van der Waals surface area (Å²) in [6.07, 6.45) is 16.1. The molecule has 0 aliphatic heterocycles. The first-order chi connectivity index (χ1) is 9.20. The van der Waals surface area contributed by atoms with Gasteiger partial charge in [0.15, 0.2) is 0 Å². The molecule has 104 valence electrons. The van der Waals surface area contributed by atoms with E-state index in [1.54, 1.807) is 5.57 Å². The maximum absolute atomic E-state index is 10.4. The van der Waals surface area contributed by atoms with E-state index >= 15 is 0 Å². The summed E-state index contributed by atoms with van der Waals surface area (Å²) in [6.45, 7) is 2.37. The highest BCUT2D eigenvalue weighted by molar-refractivity contribution is 5.29. The van der Waals surface area contributed by atoms with Crippen LogP contribution in [-0.4, -0.2) is 11.2 Å². The number of allylic oxidation sites excluding steroid dienone is 4. The third-order valence-electron chi connectivity index (χ3n) is 6.97. The van der Waals surface area contributed by atoms with Gasteiger partial charge in [0.1, 0.15) is 0 Å². The minimum Gasteiger partial charge on any atom is -0.393 e. The number of aliphatic hydroxyl groups is 1. The molecule has 0 heterocycles. The van der Waals surface area contributed by atoms with Gasteiger partial charge in [-0.3, -0.25) is 0 Å². The van der Waals surface area contributed by atoms with E-state index in [2.05, 4.69) is 25.2 Å². The van der Waals surface area contributed by atoms with Gasteiger partial charge in [-0.05, 0) is 79.6 Å². The largest absolute Gasteiger partial charge is 0.393 e. The Kier molecular flexibility index (Phi) is 2.71. The van der Waals surface area contributed by atoms with Crippen molar-refractivity contribution in [3.8, 4) is 0 Å². The molecule has 4 rings (SSSR count). The normalized spacial score (nSPS) is 52.1. The minimum atomic E-state index is -0.0323. The molecule has 0 aromatic rings. The lowest BCUT2D eigenvalue weighted by atomic mass is 9.53. The van der Waals surface area contributed by atoms with Gasteiger partial charge in [-0.25, -0.2) is 0 Å². The molecule has 1 nitrogen and oxygen atoms in total. The topological polar surface area (TPSA) is 20.2 Å². The fourth-order valence-corrected chi connectivity index (χ4v) is 5.87. The fraction of sp³-hybridized carbons (Fsp3) is 0.778. The van der Waals surface area contributed by atoms with Gasteiger partial charge in [0.2, 0.25) is 0 Å². The van der Waals surface area contributed by atoms with E-state index in [9.17, 15) is 5.11 Å². The number of hydrogen-bond acceptors (Lipinski definition) is 1. The summed E-state index contributed by atoms with van der Waals surface area (Å²) < 4.78 is 0. The minimum absolute atomic E-state index is 0.0323. The van der Waals surface area contributed by atoms with E-state index in [1.807, 2.05) is 0 Å². The standard InChI is InChI=1S/C18H26O/c1-18-11-10-14-13-5-3-2-4-12(13)6-7-15(14)16(18)8-9-17(18)19/h2,4,6,13-17,19H,3,5,7-11H2,1H3/t13-,14+,15+,16-,17?,18-/m0/s1. The molecule has 1 unspecified atom stereocenters. The van der Waals surface area contributed by atoms with Crippen LogP contribution in [0, 0.1) is 29.1 Å². The van der Waals surface area contributed by atoms with Crippen LogP contribution >= 0.6 is 0 Å². The van der Waals surface area contributed by atoms with Crippen LogP contribution in [0.15, 0.2) is 23.8 Å². The lowest BCUT2D eigenvalue weighted by molar-refractivity contribution is -0.0451. The summed E-state index contributed by atoms with van der Waals surface area (Å²) in [7, 11) is 0. The molecule has 4 aliphatic carbocycles. The molecule has 6 atom stereocenters. The van der Waals surface area contributed by atoms with Gasteiger partial charge in [-0.15, -0.1) is 0 Å². The molecule has 0 saturated heterocycles. The lowest BCUT2D eigenvalue weighted by Crippen LogP contribution is -2.46. The molecule has 0 radical (unpaired) electrons. The molecule has 4 aliphatic rings. The van der Waals surface area contributed by atoms with Gasteiger partial charge < -0.3 is 5.11 Å². The highest BCUT2D eigenvalue weighted by Gasteiger charge is 2.55. The molecule has 2 fully saturated rings. The summed E-state index contributed by atoms with van der Waals surface area (Å²) in [4.78, 5) is 0. The predicted molar refractivity (Wildman–Crippen MR) is 77.6 cm³/mol. The van der Waals surface area contributed by atoms with Crippen molar-refractivity contribution < 1.29 is 5.11 Å². The Morgan fingerprint density at radius 3 is 2.95 bits per heavy atom. The first-order valence-electron chi connectivity index (χ1n) is 8.25. The van der Waals surface area contributed by atoms with Crippen molar-refractivity contribution in [2.45, 2.75) is 58.0 Å². The third-order valence-corrected chi connectivity index (χ3v) is 6.97. The van der Waals surface area contributed by atoms with Gasteiger partial charge in [0, 0.05) is 0 Å². The van der Waals surface area contributed by atoms with Crippen LogP contribution in [0.2, 0.25) is 0 Å². The predicted octanol–water partition coefficient (Wildman–Crippen LogP) is 4.09. The summed E-state index contributed by atoms with van der Waals surface area (Å²) in [5, 5.41) is 10.4. The Balaban J connectivity index is 1.67. The number of rotatable bonds is 0. The number of fused-ring (bicyclic) bond motifs is 5. The SMILES string of the molecule is C[C@]12CC[C@H]3[C@@H](CC=C4C=CCC[C@@H]43)[C@@H]1CCC2O. The van der Waals surface area contributed by atoms with Crippen molar-refractivity contribution in [2.75, 3.05) is 0 Å². The smallest absolute Gasteiger partial charge is 0.0596 e. The van der Waals surface area contributed by atoms with Gasteiger partial charge in [0.05, 0.1) is 6.10 Å². The second kappa shape index (κ2) is 4.22. The first-order valence-corrected chi connectivity index (χ1v) is 8.25. The van der Waals surface area contributed by atoms with Crippen molar-refractivity contribution in [3.05, 3.63) is 23.8 Å². The fourth-order valence-electron chi connectivity index (χ4n) is 5.87. The molecule has 0 bridgehead atoms. The molecule has 0 amide bonds. The quantitative estimate of drug-likeness (QED) is 0.694. The van der Waals surface area contributed by atoms with Crippen molar-refractivity contribution >= 4 is 0 Å². The van der Waals surface area contributed by atoms with E-state index in [0.29, 0.717) is 0 Å². The van der Waals surface area contributed by atoms with Crippen molar-refractivity contribution in [1.29, 1.82) is 0 Å². The first kappa shape index (κ1) is 12.2. The van der Waals surface area contributed by atoms with Gasteiger partial charge in [-0.1, -0.05) is 25.2 Å². The summed E-state index contributed by atoms with van der Waals surface area (Å²) >= 11 is 0. The second-order valence-electron chi connectivity index (χ2n) is 7.60. The van der Waals surface area contributed by atoms with Crippen LogP contribution < -0.4 is 0 Å². The maximum atomic E-state index is 10.4. The zero-order valence-corrected chi connectivity index (χ0v) is 12.0. The molecular weight excluding hydrogens is 232 g/mol. The maximum Gasteiger partial charge on any atom is 0.0596 e. The molecule has 1 heteroatoms. The van der Waals surface area contributed by atoms with Gasteiger partial charge in [-0.2, -0.15) is 0 Å². The molecule has 0 aromatic heterocycles. The Labute approximate surface area is 116 Å². The summed E-state index contributed by atoms with van der Waals surface area (Å²) in [6, 6.07) is 0. The Morgan fingerprint density at radius 1 is 1.16 bits per heavy atom. The Hall–Kier alpha value is -0.560. The highest BCUT2D eigenvalue weighted by Crippen LogP contribution is 2.60. The highest BCUT2D eigenvalue weighted by atomic mass is 16.3. The molecule has 1 N–H and O–H groups in total. The van der Waals surface area contributed by atoms with Crippen molar-refractivity contribution in [1.82, 2.24) is 0 Å². The van der Waals surface area contributed by atoms with Crippen molar-refractivity contribution in [3.63, 3.8) is 0 Å². The number of hydrogen-bond donors (Lipinski definition) is 1. The molecular formula is C18H26O. The molecule has 19 heavy (non-hydrogen) atoms. The monoisotopic (exact) mass is 258 g/mol. The van der Waals surface area contributed by atoms with E-state index < -0.39 is 0 Å². The van der Waals surface area contributed by atoms with E-state index in [4.69, 9.17) is 0 Å². The Bertz CT molecular complexity index is 435. The Morgan fingerprint density at radius 2 is 2.05 bits per heavy atom. The van der Waals surface area contributed by atoms with Crippen LogP contribution in [0.1, 0.15) is 51.9 Å². The molecule has 0 spiro atoms. The van der Waals surface area contributed by atoms with Crippen molar-refractivity contribution in [2.24, 2.45) is 29.1 Å².